The van der Waals surface area contributed by atoms with E-state index >= 15 is 0 Å². The van der Waals surface area contributed by atoms with E-state index in [1.165, 1.54) is 0 Å². The molecule has 2 aliphatic heterocycles. The van der Waals surface area contributed by atoms with Gasteiger partial charge in [0.25, 0.3) is 5.56 Å². The standard InChI is InChI=1S/C28H29N3O6/c1-5-22(32)30-23(15(3)4)26(34)37-28(6-2)19-12-21-24-17(11-16-9-7-8-10-20(16)29-24)13-31(21)25(33)18(19)14-36-27(28)35/h7-12,15,23H,5-6,13-14H2,1-4H3,(H,30,32)/t23?,28-/m0/s1. The minimum absolute atomic E-state index is 0.0536. The summed E-state index contributed by atoms with van der Waals surface area (Å²) in [7, 11) is 0. The lowest BCUT2D eigenvalue weighted by Crippen LogP contribution is -2.52. The van der Waals surface area contributed by atoms with E-state index in [1.54, 1.807) is 38.3 Å². The molecular weight excluding hydrogens is 474 g/mol. The first-order chi connectivity index (χ1) is 17.7. The number of amides is 1. The number of carbonyl (C=O) groups excluding carboxylic acids is 3. The van der Waals surface area contributed by atoms with E-state index in [2.05, 4.69) is 5.32 Å². The molecule has 2 aromatic heterocycles. The molecule has 4 heterocycles. The minimum Gasteiger partial charge on any atom is -0.457 e. The summed E-state index contributed by atoms with van der Waals surface area (Å²) in [6, 6.07) is 10.5. The highest BCUT2D eigenvalue weighted by Gasteiger charge is 2.51. The molecule has 5 rings (SSSR count). The van der Waals surface area contributed by atoms with E-state index in [0.29, 0.717) is 23.5 Å². The lowest BCUT2D eigenvalue weighted by molar-refractivity contribution is -0.191. The summed E-state index contributed by atoms with van der Waals surface area (Å²) >= 11 is 0. The third kappa shape index (κ3) is 3.89. The Morgan fingerprint density at radius 3 is 2.65 bits per heavy atom. The van der Waals surface area contributed by atoms with E-state index in [0.717, 1.165) is 16.5 Å². The number of carbonyl (C=O) groups is 3. The van der Waals surface area contributed by atoms with E-state index in [-0.39, 0.29) is 42.4 Å². The highest BCUT2D eigenvalue weighted by molar-refractivity contribution is 5.90. The fraction of sp³-hybridized carbons (Fsp3) is 0.393. The molecule has 1 unspecified atom stereocenters. The van der Waals surface area contributed by atoms with Crippen molar-refractivity contribution in [3.8, 4) is 11.4 Å². The average molecular weight is 504 g/mol. The number of hydrogen-bond acceptors (Lipinski definition) is 7. The highest BCUT2D eigenvalue weighted by Crippen LogP contribution is 2.41. The van der Waals surface area contributed by atoms with Gasteiger partial charge in [0.1, 0.15) is 12.6 Å². The Balaban J connectivity index is 1.63. The van der Waals surface area contributed by atoms with Crippen molar-refractivity contribution in [1.82, 2.24) is 14.9 Å². The largest absolute Gasteiger partial charge is 0.457 e. The molecular formula is C28H29N3O6. The van der Waals surface area contributed by atoms with Crippen LogP contribution in [0, 0.1) is 5.92 Å². The number of pyridine rings is 2. The van der Waals surface area contributed by atoms with Crippen molar-refractivity contribution >= 4 is 28.7 Å². The number of benzene rings is 1. The molecule has 9 heteroatoms. The molecule has 0 spiro atoms. The average Bonchev–Trinajstić information content (AvgIpc) is 3.25. The molecule has 1 aromatic carbocycles. The summed E-state index contributed by atoms with van der Waals surface area (Å²) in [5.41, 5.74) is 1.36. The zero-order valence-electron chi connectivity index (χ0n) is 21.3. The third-order valence-corrected chi connectivity index (χ3v) is 7.22. The Morgan fingerprint density at radius 1 is 1.19 bits per heavy atom. The molecule has 192 valence electrons. The van der Waals surface area contributed by atoms with Gasteiger partial charge in [-0.1, -0.05) is 45.9 Å². The van der Waals surface area contributed by atoms with Gasteiger partial charge >= 0.3 is 11.9 Å². The lowest BCUT2D eigenvalue weighted by atomic mass is 9.85. The van der Waals surface area contributed by atoms with Gasteiger partial charge in [-0.25, -0.2) is 14.6 Å². The Kier molecular flexibility index (Phi) is 6.09. The number of rotatable bonds is 6. The number of fused-ring (bicyclic) bond motifs is 5. The molecule has 0 saturated carbocycles. The smallest absolute Gasteiger partial charge is 0.355 e. The number of para-hydroxylation sites is 1. The zero-order chi connectivity index (χ0) is 26.5. The highest BCUT2D eigenvalue weighted by atomic mass is 16.6. The quantitative estimate of drug-likeness (QED) is 0.402. The molecule has 0 saturated heterocycles. The van der Waals surface area contributed by atoms with Gasteiger partial charge in [0, 0.05) is 22.9 Å². The molecule has 3 aromatic rings. The monoisotopic (exact) mass is 503 g/mol. The maximum absolute atomic E-state index is 13.6. The second-order valence-corrected chi connectivity index (χ2v) is 9.82. The van der Waals surface area contributed by atoms with Gasteiger partial charge < -0.3 is 19.4 Å². The molecule has 2 aliphatic rings. The first-order valence-corrected chi connectivity index (χ1v) is 12.6. The summed E-state index contributed by atoms with van der Waals surface area (Å²) in [6.07, 6.45) is 0.252. The van der Waals surface area contributed by atoms with Crippen LogP contribution in [-0.2, 0) is 42.6 Å². The first kappa shape index (κ1) is 24.7. The summed E-state index contributed by atoms with van der Waals surface area (Å²) < 4.78 is 12.9. The summed E-state index contributed by atoms with van der Waals surface area (Å²) in [4.78, 5) is 57.1. The van der Waals surface area contributed by atoms with Crippen molar-refractivity contribution in [3.63, 3.8) is 0 Å². The van der Waals surface area contributed by atoms with E-state index in [1.807, 2.05) is 30.3 Å². The van der Waals surface area contributed by atoms with Crippen LogP contribution in [0.5, 0.6) is 0 Å². The predicted octanol–water partition coefficient (Wildman–Crippen LogP) is 3.18. The van der Waals surface area contributed by atoms with Crippen molar-refractivity contribution < 1.29 is 23.9 Å². The van der Waals surface area contributed by atoms with Crippen molar-refractivity contribution in [2.45, 2.75) is 65.3 Å². The van der Waals surface area contributed by atoms with E-state index in [9.17, 15) is 19.2 Å². The molecule has 2 atom stereocenters. The number of esters is 2. The molecule has 37 heavy (non-hydrogen) atoms. The first-order valence-electron chi connectivity index (χ1n) is 12.6. The van der Waals surface area contributed by atoms with Crippen molar-refractivity contribution in [1.29, 1.82) is 0 Å². The maximum Gasteiger partial charge on any atom is 0.355 e. The van der Waals surface area contributed by atoms with Gasteiger partial charge in [-0.05, 0) is 30.5 Å². The summed E-state index contributed by atoms with van der Waals surface area (Å²) in [6.45, 7) is 7.07. The van der Waals surface area contributed by atoms with Gasteiger partial charge in [-0.3, -0.25) is 9.59 Å². The normalized spacial score (nSPS) is 18.6. The fourth-order valence-electron chi connectivity index (χ4n) is 5.09. The van der Waals surface area contributed by atoms with Crippen LogP contribution < -0.4 is 10.9 Å². The molecule has 1 amide bonds. The molecule has 0 aliphatic carbocycles. The van der Waals surface area contributed by atoms with Gasteiger partial charge in [-0.2, -0.15) is 0 Å². The Morgan fingerprint density at radius 2 is 1.95 bits per heavy atom. The third-order valence-electron chi connectivity index (χ3n) is 7.22. The van der Waals surface area contributed by atoms with Crippen molar-refractivity contribution in [2.75, 3.05) is 0 Å². The number of cyclic esters (lactones) is 1. The number of ether oxygens (including phenoxy) is 2. The Labute approximate surface area is 213 Å². The minimum atomic E-state index is -1.82. The number of aromatic nitrogens is 2. The molecule has 0 bridgehead atoms. The Hall–Kier alpha value is -4.01. The number of nitrogens with one attached hydrogen (secondary N) is 1. The van der Waals surface area contributed by atoms with Crippen molar-refractivity contribution in [3.05, 3.63) is 63.4 Å². The molecule has 1 N–H and O–H groups in total. The van der Waals surface area contributed by atoms with Crippen LogP contribution in [0.3, 0.4) is 0 Å². The van der Waals surface area contributed by atoms with Gasteiger partial charge in [0.05, 0.1) is 29.0 Å². The second kappa shape index (κ2) is 9.14. The van der Waals surface area contributed by atoms with E-state index in [4.69, 9.17) is 14.5 Å². The van der Waals surface area contributed by atoms with Gasteiger partial charge in [-0.15, -0.1) is 0 Å². The molecule has 0 fully saturated rings. The van der Waals surface area contributed by atoms with Crippen LogP contribution in [-0.4, -0.2) is 33.4 Å². The summed E-state index contributed by atoms with van der Waals surface area (Å²) in [5.74, 6) is -2.09. The second-order valence-electron chi connectivity index (χ2n) is 9.82. The lowest BCUT2D eigenvalue weighted by Gasteiger charge is -2.37. The maximum atomic E-state index is 13.6. The van der Waals surface area contributed by atoms with Crippen LogP contribution >= 0.6 is 0 Å². The van der Waals surface area contributed by atoms with Crippen LogP contribution in [0.25, 0.3) is 22.3 Å². The van der Waals surface area contributed by atoms with Crippen LogP contribution in [0.4, 0.5) is 0 Å². The van der Waals surface area contributed by atoms with Crippen LogP contribution in [0.1, 0.15) is 57.2 Å². The van der Waals surface area contributed by atoms with Crippen LogP contribution in [0.2, 0.25) is 0 Å². The molecule has 9 nitrogen and oxygen atoms in total. The van der Waals surface area contributed by atoms with Gasteiger partial charge in [0.15, 0.2) is 0 Å². The zero-order valence-corrected chi connectivity index (χ0v) is 21.3. The fourth-order valence-corrected chi connectivity index (χ4v) is 5.09. The molecule has 0 radical (unpaired) electrons. The summed E-state index contributed by atoms with van der Waals surface area (Å²) in [5, 5.41) is 3.65. The number of hydrogen-bond donors (Lipinski definition) is 1. The van der Waals surface area contributed by atoms with E-state index < -0.39 is 23.6 Å². The SMILES string of the molecule is CCC(=O)NC(C(=O)O[C@]1(CC)C(=O)OCc2c1cc1n(c2=O)Cc2cc3ccccc3nc2-1)C(C)C. The van der Waals surface area contributed by atoms with Crippen molar-refractivity contribution in [2.24, 2.45) is 5.92 Å². The van der Waals surface area contributed by atoms with Gasteiger partial charge in [0.2, 0.25) is 11.5 Å². The van der Waals surface area contributed by atoms with Crippen LogP contribution in [0.15, 0.2) is 41.2 Å². The topological polar surface area (TPSA) is 117 Å². The Bertz CT molecular complexity index is 1510. The number of nitrogens with zero attached hydrogens (tertiary/aromatic N) is 2. The predicted molar refractivity (Wildman–Crippen MR) is 135 cm³/mol.